The van der Waals surface area contributed by atoms with Gasteiger partial charge in [-0.1, -0.05) is 0 Å². The number of halogens is 1. The number of aromatic nitrogens is 1. The van der Waals surface area contributed by atoms with E-state index in [1.165, 1.54) is 6.07 Å². The summed E-state index contributed by atoms with van der Waals surface area (Å²) in [6, 6.07) is 3.57. The van der Waals surface area contributed by atoms with E-state index >= 15 is 4.39 Å². The van der Waals surface area contributed by atoms with Gasteiger partial charge in [-0.25, -0.2) is 4.39 Å². The minimum atomic E-state index is -0.966. The van der Waals surface area contributed by atoms with Crippen LogP contribution >= 0.6 is 0 Å². The van der Waals surface area contributed by atoms with Crippen LogP contribution in [0, 0.1) is 32.5 Å². The van der Waals surface area contributed by atoms with Gasteiger partial charge >= 0.3 is 0 Å². The van der Waals surface area contributed by atoms with Crippen molar-refractivity contribution in [3.63, 3.8) is 0 Å². The highest BCUT2D eigenvalue weighted by molar-refractivity contribution is 5.96. The van der Waals surface area contributed by atoms with Crippen LogP contribution in [0.5, 0.6) is 11.5 Å². The lowest BCUT2D eigenvalue weighted by Crippen LogP contribution is -2.46. The van der Waals surface area contributed by atoms with Crippen LogP contribution < -0.4 is 20.3 Å². The molecule has 2 heterocycles. The van der Waals surface area contributed by atoms with Crippen molar-refractivity contribution in [1.29, 1.82) is 0 Å². The van der Waals surface area contributed by atoms with Crippen LogP contribution in [0.2, 0.25) is 0 Å². The van der Waals surface area contributed by atoms with E-state index in [0.717, 1.165) is 36.9 Å². The molecular formula is C26H34FN3O4. The zero-order chi connectivity index (χ0) is 24.8. The summed E-state index contributed by atoms with van der Waals surface area (Å²) in [7, 11) is 4.18. The summed E-state index contributed by atoms with van der Waals surface area (Å²) in [5.41, 5.74) is 2.46. The Morgan fingerprint density at radius 1 is 1.15 bits per heavy atom. The second-order valence-electron chi connectivity index (χ2n) is 10.0. The number of rotatable bonds is 5. The lowest BCUT2D eigenvalue weighted by Gasteiger charge is -2.39. The molecule has 2 N–H and O–H groups in total. The molecule has 1 aliphatic heterocycles. The standard InChI is InChI=1S/C26H34FN3O4/c1-14-11-15(2)29-25(32)20(14)13-28-24(31)19-12-21(27)23-22(16(19)3)33-26(4,34-23)17-7-9-18(10-8-17)30(5)6/h11-12,17-18H,7-10,13H2,1-6H3,(H,28,31)(H,29,32)/t17-,18-,26?. The first-order valence-corrected chi connectivity index (χ1v) is 11.8. The molecule has 0 radical (unpaired) electrons. The van der Waals surface area contributed by atoms with Gasteiger partial charge in [0.05, 0.1) is 0 Å². The number of benzene rings is 1. The molecule has 1 unspecified atom stereocenters. The minimum absolute atomic E-state index is 0.0443. The fourth-order valence-electron chi connectivity index (χ4n) is 5.23. The molecule has 0 bridgehead atoms. The summed E-state index contributed by atoms with van der Waals surface area (Å²) in [6.07, 6.45) is 3.91. The number of carbonyl (C=O) groups is 1. The number of pyridine rings is 1. The predicted octanol–water partition coefficient (Wildman–Crippen LogP) is 3.98. The smallest absolute Gasteiger partial charge is 0.253 e. The molecule has 1 amide bonds. The highest BCUT2D eigenvalue weighted by Gasteiger charge is 2.47. The highest BCUT2D eigenvalue weighted by Crippen LogP contribution is 2.49. The van der Waals surface area contributed by atoms with Crippen molar-refractivity contribution in [3.05, 3.63) is 56.3 Å². The summed E-state index contributed by atoms with van der Waals surface area (Å²) in [5.74, 6) is -1.58. The minimum Gasteiger partial charge on any atom is -0.448 e. The van der Waals surface area contributed by atoms with Crippen molar-refractivity contribution in [2.75, 3.05) is 14.1 Å². The number of fused-ring (bicyclic) bond motifs is 1. The first-order chi connectivity index (χ1) is 16.0. The number of aromatic amines is 1. The van der Waals surface area contributed by atoms with Gasteiger partial charge in [-0.3, -0.25) is 9.59 Å². The van der Waals surface area contributed by atoms with Crippen LogP contribution in [0.3, 0.4) is 0 Å². The first-order valence-electron chi connectivity index (χ1n) is 11.8. The molecule has 1 aromatic heterocycles. The quantitative estimate of drug-likeness (QED) is 0.689. The second kappa shape index (κ2) is 9.06. The Labute approximate surface area is 199 Å². The monoisotopic (exact) mass is 471 g/mol. The molecule has 1 aromatic carbocycles. The average molecular weight is 472 g/mol. The summed E-state index contributed by atoms with van der Waals surface area (Å²) in [6.45, 7) is 7.26. The number of aryl methyl sites for hydroxylation is 2. The van der Waals surface area contributed by atoms with Crippen molar-refractivity contribution in [1.82, 2.24) is 15.2 Å². The van der Waals surface area contributed by atoms with E-state index in [4.69, 9.17) is 9.47 Å². The van der Waals surface area contributed by atoms with Gasteiger partial charge in [-0.2, -0.15) is 0 Å². The van der Waals surface area contributed by atoms with Crippen molar-refractivity contribution in [2.24, 2.45) is 5.92 Å². The lowest BCUT2D eigenvalue weighted by molar-refractivity contribution is -0.124. The summed E-state index contributed by atoms with van der Waals surface area (Å²) in [5, 5.41) is 2.75. The molecule has 8 heteroatoms. The Hall–Kier alpha value is -2.87. The largest absolute Gasteiger partial charge is 0.448 e. The highest BCUT2D eigenvalue weighted by atomic mass is 19.1. The van der Waals surface area contributed by atoms with Crippen LogP contribution in [0.25, 0.3) is 0 Å². The SMILES string of the molecule is Cc1cc(C)c(CNC(=O)c2cc(F)c3c(c2C)OC(C)([C@H]2CC[C@H](N(C)C)CC2)O3)c(=O)[nH]1. The molecule has 0 spiro atoms. The maximum Gasteiger partial charge on any atom is 0.253 e. The van der Waals surface area contributed by atoms with E-state index in [1.807, 2.05) is 19.9 Å². The van der Waals surface area contributed by atoms with E-state index < -0.39 is 17.5 Å². The third-order valence-corrected chi connectivity index (χ3v) is 7.38. The average Bonchev–Trinajstić information content (AvgIpc) is 3.15. The molecule has 1 atom stereocenters. The number of amides is 1. The first kappa shape index (κ1) is 24.3. The normalized spacial score (nSPS) is 23.9. The van der Waals surface area contributed by atoms with Crippen LogP contribution in [0.4, 0.5) is 4.39 Å². The second-order valence-corrected chi connectivity index (χ2v) is 10.0. The number of ether oxygens (including phenoxy) is 2. The Bertz CT molecular complexity index is 1170. The summed E-state index contributed by atoms with van der Waals surface area (Å²) < 4.78 is 27.4. The van der Waals surface area contributed by atoms with E-state index in [9.17, 15) is 9.59 Å². The van der Waals surface area contributed by atoms with Gasteiger partial charge in [0, 0.05) is 47.8 Å². The third-order valence-electron chi connectivity index (χ3n) is 7.38. The zero-order valence-electron chi connectivity index (χ0n) is 20.8. The molecule has 2 aliphatic rings. The van der Waals surface area contributed by atoms with Gasteiger partial charge in [0.1, 0.15) is 0 Å². The molecule has 7 nitrogen and oxygen atoms in total. The topological polar surface area (TPSA) is 83.7 Å². The fraction of sp³-hybridized carbons (Fsp3) is 0.538. The Balaban J connectivity index is 1.52. The molecule has 4 rings (SSSR count). The molecule has 184 valence electrons. The van der Waals surface area contributed by atoms with E-state index in [-0.39, 0.29) is 35.1 Å². The van der Waals surface area contributed by atoms with Crippen molar-refractivity contribution >= 4 is 5.91 Å². The van der Waals surface area contributed by atoms with Crippen LogP contribution in [0.1, 0.15) is 65.3 Å². The molecule has 34 heavy (non-hydrogen) atoms. The number of hydrogen-bond donors (Lipinski definition) is 2. The van der Waals surface area contributed by atoms with Gasteiger partial charge in [0.25, 0.3) is 17.3 Å². The van der Waals surface area contributed by atoms with E-state index in [1.54, 1.807) is 13.8 Å². The van der Waals surface area contributed by atoms with Crippen molar-refractivity contribution in [2.45, 2.75) is 71.8 Å². The number of nitrogens with zero attached hydrogens (tertiary/aromatic N) is 1. The molecule has 0 saturated heterocycles. The van der Waals surface area contributed by atoms with Gasteiger partial charge in [-0.05, 0) is 78.2 Å². The van der Waals surface area contributed by atoms with Gasteiger partial charge in [0.15, 0.2) is 11.6 Å². The fourth-order valence-corrected chi connectivity index (χ4v) is 5.23. The molecular weight excluding hydrogens is 437 g/mol. The van der Waals surface area contributed by atoms with Crippen LogP contribution in [-0.4, -0.2) is 41.7 Å². The Morgan fingerprint density at radius 3 is 2.41 bits per heavy atom. The van der Waals surface area contributed by atoms with Crippen LogP contribution in [-0.2, 0) is 6.54 Å². The van der Waals surface area contributed by atoms with Gasteiger partial charge in [-0.15, -0.1) is 0 Å². The molecule has 2 aromatic rings. The van der Waals surface area contributed by atoms with Crippen molar-refractivity contribution in [3.8, 4) is 11.5 Å². The number of carbonyl (C=O) groups excluding carboxylic acids is 1. The van der Waals surface area contributed by atoms with Gasteiger partial charge < -0.3 is 24.7 Å². The Morgan fingerprint density at radius 2 is 1.79 bits per heavy atom. The zero-order valence-corrected chi connectivity index (χ0v) is 20.8. The lowest BCUT2D eigenvalue weighted by atomic mass is 9.81. The Kier molecular flexibility index (Phi) is 6.46. The van der Waals surface area contributed by atoms with Gasteiger partial charge in [0.2, 0.25) is 5.75 Å². The molecule has 1 aliphatic carbocycles. The maximum absolute atomic E-state index is 15.1. The maximum atomic E-state index is 15.1. The van der Waals surface area contributed by atoms with E-state index in [0.29, 0.717) is 17.2 Å². The summed E-state index contributed by atoms with van der Waals surface area (Å²) >= 11 is 0. The summed E-state index contributed by atoms with van der Waals surface area (Å²) in [4.78, 5) is 30.2. The number of H-pyrrole nitrogens is 1. The van der Waals surface area contributed by atoms with E-state index in [2.05, 4.69) is 29.3 Å². The molecule has 1 fully saturated rings. The molecule has 1 saturated carbocycles. The predicted molar refractivity (Wildman–Crippen MR) is 128 cm³/mol. The number of hydrogen-bond acceptors (Lipinski definition) is 5. The van der Waals surface area contributed by atoms with Crippen LogP contribution in [0.15, 0.2) is 16.9 Å². The third kappa shape index (κ3) is 4.43. The van der Waals surface area contributed by atoms with Crippen molar-refractivity contribution < 1.29 is 18.7 Å². The number of nitrogens with one attached hydrogen (secondary N) is 2.